The number of halogens is 1. The standard InChI is InChI=1S/C22H26FN3O3/c1-29-19-10-8-18(9-11-19)26(14-12-21(24)27)22(28)15-25-13-2-3-20(25)16-4-6-17(23)7-5-16/h4-11,20H,2-3,12-15H2,1H3,(H2,24,27). The van der Waals surface area contributed by atoms with Gasteiger partial charge in [-0.1, -0.05) is 12.1 Å². The number of amides is 2. The second-order valence-corrected chi connectivity index (χ2v) is 7.14. The summed E-state index contributed by atoms with van der Waals surface area (Å²) in [6, 6.07) is 13.7. The molecule has 2 N–H and O–H groups in total. The van der Waals surface area contributed by atoms with Crippen molar-refractivity contribution in [3.63, 3.8) is 0 Å². The summed E-state index contributed by atoms with van der Waals surface area (Å²) in [6.07, 6.45) is 1.97. The van der Waals surface area contributed by atoms with E-state index >= 15 is 0 Å². The highest BCUT2D eigenvalue weighted by Crippen LogP contribution is 2.32. The van der Waals surface area contributed by atoms with Crippen LogP contribution in [-0.4, -0.2) is 43.5 Å². The lowest BCUT2D eigenvalue weighted by atomic mass is 10.0. The van der Waals surface area contributed by atoms with Gasteiger partial charge in [0.1, 0.15) is 11.6 Å². The Hall–Kier alpha value is -2.93. The average molecular weight is 399 g/mol. The zero-order chi connectivity index (χ0) is 20.8. The first kappa shape index (κ1) is 20.8. The van der Waals surface area contributed by atoms with Gasteiger partial charge in [0, 0.05) is 24.7 Å². The number of hydrogen-bond acceptors (Lipinski definition) is 4. The Morgan fingerprint density at radius 2 is 1.86 bits per heavy atom. The van der Waals surface area contributed by atoms with Gasteiger partial charge >= 0.3 is 0 Å². The van der Waals surface area contributed by atoms with Crippen LogP contribution in [-0.2, 0) is 9.59 Å². The number of nitrogens with two attached hydrogens (primary N) is 1. The average Bonchev–Trinajstić information content (AvgIpc) is 3.17. The van der Waals surface area contributed by atoms with Crippen molar-refractivity contribution >= 4 is 17.5 Å². The topological polar surface area (TPSA) is 75.9 Å². The maximum absolute atomic E-state index is 13.3. The van der Waals surface area contributed by atoms with Crippen LogP contribution in [0.1, 0.15) is 30.9 Å². The third kappa shape index (κ3) is 5.32. The van der Waals surface area contributed by atoms with Crippen molar-refractivity contribution < 1.29 is 18.7 Å². The summed E-state index contributed by atoms with van der Waals surface area (Å²) >= 11 is 0. The van der Waals surface area contributed by atoms with Crippen molar-refractivity contribution in [1.82, 2.24) is 4.90 Å². The van der Waals surface area contributed by atoms with Crippen molar-refractivity contribution in [3.05, 3.63) is 59.9 Å². The largest absolute Gasteiger partial charge is 0.497 e. The Morgan fingerprint density at radius 3 is 2.48 bits per heavy atom. The van der Waals surface area contributed by atoms with Gasteiger partial charge in [0.15, 0.2) is 0 Å². The number of benzene rings is 2. The first-order valence-corrected chi connectivity index (χ1v) is 9.70. The molecule has 1 unspecified atom stereocenters. The predicted molar refractivity (Wildman–Crippen MR) is 109 cm³/mol. The summed E-state index contributed by atoms with van der Waals surface area (Å²) in [5.41, 5.74) is 6.99. The number of likely N-dealkylation sites (tertiary alicyclic amines) is 1. The third-order valence-electron chi connectivity index (χ3n) is 5.22. The molecule has 0 bridgehead atoms. The Morgan fingerprint density at radius 1 is 1.17 bits per heavy atom. The second kappa shape index (κ2) is 9.52. The summed E-state index contributed by atoms with van der Waals surface area (Å²) in [6.45, 7) is 1.22. The van der Waals surface area contributed by atoms with E-state index in [0.717, 1.165) is 24.9 Å². The van der Waals surface area contributed by atoms with Gasteiger partial charge in [0.2, 0.25) is 11.8 Å². The molecule has 1 atom stereocenters. The van der Waals surface area contributed by atoms with Gasteiger partial charge in [0.05, 0.1) is 13.7 Å². The van der Waals surface area contributed by atoms with Crippen LogP contribution >= 0.6 is 0 Å². The van der Waals surface area contributed by atoms with Crippen LogP contribution in [0.5, 0.6) is 5.75 Å². The molecule has 2 aromatic rings. The van der Waals surface area contributed by atoms with Crippen LogP contribution in [0.15, 0.2) is 48.5 Å². The Kier molecular flexibility index (Phi) is 6.82. The van der Waals surface area contributed by atoms with E-state index in [-0.39, 0.29) is 37.3 Å². The molecule has 1 heterocycles. The summed E-state index contributed by atoms with van der Waals surface area (Å²) < 4.78 is 18.4. The Bertz CT molecular complexity index is 839. The molecule has 1 aliphatic heterocycles. The van der Waals surface area contributed by atoms with E-state index in [4.69, 9.17) is 10.5 Å². The second-order valence-electron chi connectivity index (χ2n) is 7.14. The van der Waals surface area contributed by atoms with Crippen LogP contribution in [0.25, 0.3) is 0 Å². The number of primary amides is 1. The first-order valence-electron chi connectivity index (χ1n) is 9.70. The molecule has 0 spiro atoms. The minimum Gasteiger partial charge on any atom is -0.497 e. The van der Waals surface area contributed by atoms with Crippen molar-refractivity contribution in [2.75, 3.05) is 31.6 Å². The Labute approximate surface area is 170 Å². The molecule has 154 valence electrons. The molecule has 0 saturated carbocycles. The molecule has 29 heavy (non-hydrogen) atoms. The van der Waals surface area contributed by atoms with Crippen molar-refractivity contribution in [1.29, 1.82) is 0 Å². The van der Waals surface area contributed by atoms with Gasteiger partial charge in [0.25, 0.3) is 0 Å². The molecule has 0 aromatic heterocycles. The first-order chi connectivity index (χ1) is 14.0. The SMILES string of the molecule is COc1ccc(N(CCC(N)=O)C(=O)CN2CCCC2c2ccc(F)cc2)cc1. The van der Waals surface area contributed by atoms with Gasteiger partial charge in [-0.25, -0.2) is 4.39 Å². The molecule has 0 aliphatic carbocycles. The summed E-state index contributed by atoms with van der Waals surface area (Å²) in [4.78, 5) is 28.1. The number of nitrogens with zero attached hydrogens (tertiary/aromatic N) is 2. The minimum absolute atomic E-state index is 0.0772. The lowest BCUT2D eigenvalue weighted by Gasteiger charge is -2.29. The van der Waals surface area contributed by atoms with Crippen LogP contribution in [0, 0.1) is 5.82 Å². The van der Waals surface area contributed by atoms with E-state index in [1.54, 1.807) is 48.4 Å². The van der Waals surface area contributed by atoms with Crippen LogP contribution in [0.3, 0.4) is 0 Å². The zero-order valence-corrected chi connectivity index (χ0v) is 16.5. The number of ether oxygens (including phenoxy) is 1. The predicted octanol–water partition coefficient (Wildman–Crippen LogP) is 2.88. The van der Waals surface area contributed by atoms with E-state index < -0.39 is 5.91 Å². The van der Waals surface area contributed by atoms with Gasteiger partial charge in [-0.3, -0.25) is 14.5 Å². The number of anilines is 1. The molecule has 1 fully saturated rings. The quantitative estimate of drug-likeness (QED) is 0.741. The molecule has 2 amide bonds. The van der Waals surface area contributed by atoms with E-state index in [0.29, 0.717) is 11.4 Å². The number of methoxy groups -OCH3 is 1. The van der Waals surface area contributed by atoms with E-state index in [1.165, 1.54) is 12.1 Å². The normalized spacial score (nSPS) is 16.6. The fourth-order valence-corrected chi connectivity index (χ4v) is 3.72. The van der Waals surface area contributed by atoms with Gasteiger partial charge < -0.3 is 15.4 Å². The molecular formula is C22H26FN3O3. The van der Waals surface area contributed by atoms with Crippen LogP contribution in [0.4, 0.5) is 10.1 Å². The fraction of sp³-hybridized carbons (Fsp3) is 0.364. The summed E-state index contributed by atoms with van der Waals surface area (Å²) in [5.74, 6) is -0.148. The van der Waals surface area contributed by atoms with E-state index in [1.807, 2.05) is 0 Å². The van der Waals surface area contributed by atoms with E-state index in [2.05, 4.69) is 4.90 Å². The number of carbonyl (C=O) groups is 2. The van der Waals surface area contributed by atoms with E-state index in [9.17, 15) is 14.0 Å². The van der Waals surface area contributed by atoms with Crippen molar-refractivity contribution in [2.24, 2.45) is 5.73 Å². The smallest absolute Gasteiger partial charge is 0.241 e. The number of hydrogen-bond donors (Lipinski definition) is 1. The lowest BCUT2D eigenvalue weighted by Crippen LogP contribution is -2.41. The minimum atomic E-state index is -0.457. The van der Waals surface area contributed by atoms with Crippen LogP contribution < -0.4 is 15.4 Å². The molecule has 1 aliphatic rings. The lowest BCUT2D eigenvalue weighted by molar-refractivity contribution is -0.120. The highest BCUT2D eigenvalue weighted by Gasteiger charge is 2.29. The molecule has 2 aromatic carbocycles. The van der Waals surface area contributed by atoms with Gasteiger partial charge in [-0.15, -0.1) is 0 Å². The monoisotopic (exact) mass is 399 g/mol. The fourth-order valence-electron chi connectivity index (χ4n) is 3.72. The third-order valence-corrected chi connectivity index (χ3v) is 5.22. The highest BCUT2D eigenvalue weighted by molar-refractivity contribution is 5.95. The van der Waals surface area contributed by atoms with Crippen LogP contribution in [0.2, 0.25) is 0 Å². The van der Waals surface area contributed by atoms with Gasteiger partial charge in [-0.05, 0) is 61.3 Å². The maximum Gasteiger partial charge on any atom is 0.241 e. The van der Waals surface area contributed by atoms with Gasteiger partial charge in [-0.2, -0.15) is 0 Å². The molecule has 3 rings (SSSR count). The Balaban J connectivity index is 1.75. The molecule has 7 heteroatoms. The molecule has 1 saturated heterocycles. The van der Waals surface area contributed by atoms with Crippen molar-refractivity contribution in [3.8, 4) is 5.75 Å². The number of carbonyl (C=O) groups excluding carboxylic acids is 2. The summed E-state index contributed by atoms with van der Waals surface area (Å²) in [5, 5.41) is 0. The zero-order valence-electron chi connectivity index (χ0n) is 16.5. The number of rotatable bonds is 8. The highest BCUT2D eigenvalue weighted by atomic mass is 19.1. The summed E-state index contributed by atoms with van der Waals surface area (Å²) in [7, 11) is 1.58. The van der Waals surface area contributed by atoms with Crippen molar-refractivity contribution in [2.45, 2.75) is 25.3 Å². The molecule has 0 radical (unpaired) electrons. The molecule has 6 nitrogen and oxygen atoms in total. The molecular weight excluding hydrogens is 373 g/mol. The maximum atomic E-state index is 13.3.